The van der Waals surface area contributed by atoms with E-state index in [1.165, 1.54) is 4.31 Å². The summed E-state index contributed by atoms with van der Waals surface area (Å²) in [5.41, 5.74) is 1.86. The molecule has 4 rings (SSSR count). The molecular weight excluding hydrogens is 446 g/mol. The van der Waals surface area contributed by atoms with Gasteiger partial charge < -0.3 is 4.74 Å². The fourth-order valence-corrected chi connectivity index (χ4v) is 7.16. The molecule has 168 valence electrons. The van der Waals surface area contributed by atoms with Crippen molar-refractivity contribution >= 4 is 19.9 Å². The molecule has 0 unspecified atom stereocenters. The lowest BCUT2D eigenvalue weighted by Gasteiger charge is -2.31. The Hall–Kier alpha value is -2.68. The van der Waals surface area contributed by atoms with Crippen molar-refractivity contribution in [1.82, 2.24) is 4.31 Å². The van der Waals surface area contributed by atoms with Crippen LogP contribution in [0.1, 0.15) is 12.8 Å². The number of methoxy groups -OCH3 is 1. The van der Waals surface area contributed by atoms with Crippen molar-refractivity contribution in [2.75, 3.05) is 20.2 Å². The lowest BCUT2D eigenvalue weighted by molar-refractivity contribution is 0.345. The van der Waals surface area contributed by atoms with E-state index in [1.54, 1.807) is 61.7 Å². The monoisotopic (exact) mass is 471 g/mol. The maximum Gasteiger partial charge on any atom is 0.243 e. The third-order valence-electron chi connectivity index (χ3n) is 5.83. The van der Waals surface area contributed by atoms with Gasteiger partial charge in [0.25, 0.3) is 0 Å². The summed E-state index contributed by atoms with van der Waals surface area (Å²) in [6.45, 7) is 0.360. The molecule has 3 aromatic carbocycles. The number of hydrogen-bond donors (Lipinski definition) is 0. The summed E-state index contributed by atoms with van der Waals surface area (Å²) in [4.78, 5) is 0.495. The van der Waals surface area contributed by atoms with Crippen molar-refractivity contribution in [3.63, 3.8) is 0 Å². The second-order valence-corrected chi connectivity index (χ2v) is 11.9. The van der Waals surface area contributed by atoms with E-state index in [-0.39, 0.29) is 35.7 Å². The van der Waals surface area contributed by atoms with Crippen LogP contribution >= 0.6 is 0 Å². The van der Waals surface area contributed by atoms with Gasteiger partial charge in [-0.25, -0.2) is 16.8 Å². The van der Waals surface area contributed by atoms with Gasteiger partial charge in [0.15, 0.2) is 9.84 Å². The summed E-state index contributed by atoms with van der Waals surface area (Å²) in [5, 5.41) is -0.575. The molecule has 0 atom stereocenters. The summed E-state index contributed by atoms with van der Waals surface area (Å²) in [6.07, 6.45) is 0.556. The van der Waals surface area contributed by atoms with Crippen LogP contribution in [0.2, 0.25) is 0 Å². The van der Waals surface area contributed by atoms with Crippen LogP contribution in [0.3, 0.4) is 0 Å². The summed E-state index contributed by atoms with van der Waals surface area (Å²) >= 11 is 0. The fourth-order valence-electron chi connectivity index (χ4n) is 3.94. The standard InChI is InChI=1S/C24H25NO5S2/c1-30-21-11-7-19(8-12-21)20-9-13-24(14-10-20)32(28,29)25-17-15-23(16-18-25)31(26,27)22-5-3-2-4-6-22/h2-14,23H,15-18H2,1H3. The molecule has 0 N–H and O–H groups in total. The number of benzene rings is 3. The van der Waals surface area contributed by atoms with E-state index in [2.05, 4.69) is 0 Å². The molecule has 1 aliphatic rings. The van der Waals surface area contributed by atoms with Crippen LogP contribution in [0, 0.1) is 0 Å². The highest BCUT2D eigenvalue weighted by Crippen LogP contribution is 2.29. The smallest absolute Gasteiger partial charge is 0.243 e. The number of nitrogens with zero attached hydrogens (tertiary/aromatic N) is 1. The first-order chi connectivity index (χ1) is 15.3. The summed E-state index contributed by atoms with van der Waals surface area (Å²) in [7, 11) is -5.55. The number of piperidine rings is 1. The predicted octanol–water partition coefficient (Wildman–Crippen LogP) is 3.99. The third kappa shape index (κ3) is 4.44. The molecule has 0 saturated carbocycles. The second-order valence-electron chi connectivity index (χ2n) is 7.71. The first-order valence-corrected chi connectivity index (χ1v) is 13.3. The van der Waals surface area contributed by atoms with Gasteiger partial charge in [0.05, 0.1) is 22.2 Å². The molecule has 0 amide bonds. The van der Waals surface area contributed by atoms with Gasteiger partial charge in [-0.15, -0.1) is 0 Å². The Balaban J connectivity index is 1.46. The Morgan fingerprint density at radius 3 is 1.78 bits per heavy atom. The van der Waals surface area contributed by atoms with Gasteiger partial charge >= 0.3 is 0 Å². The quantitative estimate of drug-likeness (QED) is 0.543. The van der Waals surface area contributed by atoms with E-state index in [0.29, 0.717) is 0 Å². The zero-order valence-electron chi connectivity index (χ0n) is 17.7. The number of sulfonamides is 1. The molecule has 0 aromatic heterocycles. The van der Waals surface area contributed by atoms with E-state index in [0.717, 1.165) is 16.9 Å². The van der Waals surface area contributed by atoms with Gasteiger partial charge in [0, 0.05) is 13.1 Å². The SMILES string of the molecule is COc1ccc(-c2ccc(S(=O)(=O)N3CCC(S(=O)(=O)c4ccccc4)CC3)cc2)cc1. The maximum atomic E-state index is 13.1. The topological polar surface area (TPSA) is 80.8 Å². The number of rotatable bonds is 6. The van der Waals surface area contributed by atoms with Gasteiger partial charge in [0.1, 0.15) is 5.75 Å². The average molecular weight is 472 g/mol. The molecule has 3 aromatic rings. The Kier molecular flexibility index (Phi) is 6.37. The molecule has 0 aliphatic carbocycles. The molecule has 0 spiro atoms. The van der Waals surface area contributed by atoms with Crippen LogP contribution in [0.15, 0.2) is 88.7 Å². The zero-order chi connectivity index (χ0) is 22.8. The molecule has 1 fully saturated rings. The minimum atomic E-state index is -3.69. The molecule has 1 saturated heterocycles. The van der Waals surface area contributed by atoms with E-state index < -0.39 is 25.1 Å². The minimum absolute atomic E-state index is 0.180. The highest BCUT2D eigenvalue weighted by Gasteiger charge is 2.35. The Bertz CT molecular complexity index is 1260. The van der Waals surface area contributed by atoms with E-state index >= 15 is 0 Å². The molecule has 0 radical (unpaired) electrons. The van der Waals surface area contributed by atoms with E-state index in [4.69, 9.17) is 4.74 Å². The molecule has 0 bridgehead atoms. The Morgan fingerprint density at radius 2 is 1.25 bits per heavy atom. The van der Waals surface area contributed by atoms with Crippen molar-refractivity contribution in [3.8, 4) is 16.9 Å². The summed E-state index contributed by atoms with van der Waals surface area (Å²) in [5.74, 6) is 0.755. The van der Waals surface area contributed by atoms with Gasteiger partial charge in [0.2, 0.25) is 10.0 Å². The van der Waals surface area contributed by atoms with Crippen LogP contribution in [0.5, 0.6) is 5.75 Å². The largest absolute Gasteiger partial charge is 0.497 e. The number of sulfone groups is 1. The van der Waals surface area contributed by atoms with Crippen LogP contribution < -0.4 is 4.74 Å². The molecule has 1 heterocycles. The van der Waals surface area contributed by atoms with Crippen LogP contribution in [-0.4, -0.2) is 46.6 Å². The maximum absolute atomic E-state index is 13.1. The Labute approximate surface area is 189 Å². The van der Waals surface area contributed by atoms with Gasteiger partial charge in [-0.05, 0) is 60.4 Å². The van der Waals surface area contributed by atoms with Crippen molar-refractivity contribution in [2.45, 2.75) is 27.9 Å². The van der Waals surface area contributed by atoms with Crippen LogP contribution in [0.4, 0.5) is 0 Å². The third-order valence-corrected chi connectivity index (χ3v) is 10.0. The predicted molar refractivity (Wildman–Crippen MR) is 124 cm³/mol. The lowest BCUT2D eigenvalue weighted by atomic mass is 10.1. The molecule has 8 heteroatoms. The molecule has 32 heavy (non-hydrogen) atoms. The van der Waals surface area contributed by atoms with Crippen LogP contribution in [-0.2, 0) is 19.9 Å². The van der Waals surface area contributed by atoms with Crippen molar-refractivity contribution < 1.29 is 21.6 Å². The fraction of sp³-hybridized carbons (Fsp3) is 0.250. The average Bonchev–Trinajstić information content (AvgIpc) is 2.85. The number of hydrogen-bond acceptors (Lipinski definition) is 5. The first kappa shape index (κ1) is 22.5. The second kappa shape index (κ2) is 9.05. The highest BCUT2D eigenvalue weighted by molar-refractivity contribution is 7.92. The summed E-state index contributed by atoms with van der Waals surface area (Å²) < 4.78 is 58.5. The van der Waals surface area contributed by atoms with Crippen molar-refractivity contribution in [2.24, 2.45) is 0 Å². The Morgan fingerprint density at radius 1 is 0.719 bits per heavy atom. The minimum Gasteiger partial charge on any atom is -0.497 e. The zero-order valence-corrected chi connectivity index (χ0v) is 19.3. The van der Waals surface area contributed by atoms with Crippen LogP contribution in [0.25, 0.3) is 11.1 Å². The van der Waals surface area contributed by atoms with Crippen molar-refractivity contribution in [3.05, 3.63) is 78.9 Å². The molecular formula is C24H25NO5S2. The number of ether oxygens (including phenoxy) is 1. The highest BCUT2D eigenvalue weighted by atomic mass is 32.2. The van der Waals surface area contributed by atoms with E-state index in [9.17, 15) is 16.8 Å². The van der Waals surface area contributed by atoms with Gasteiger partial charge in [-0.2, -0.15) is 4.31 Å². The van der Waals surface area contributed by atoms with Crippen molar-refractivity contribution in [1.29, 1.82) is 0 Å². The molecule has 6 nitrogen and oxygen atoms in total. The van der Waals surface area contributed by atoms with E-state index in [1.807, 2.05) is 24.3 Å². The molecule has 1 aliphatic heterocycles. The van der Waals surface area contributed by atoms with Gasteiger partial charge in [-0.1, -0.05) is 42.5 Å². The first-order valence-electron chi connectivity index (χ1n) is 10.4. The summed E-state index contributed by atoms with van der Waals surface area (Å²) in [6, 6.07) is 22.6. The lowest BCUT2D eigenvalue weighted by Crippen LogP contribution is -2.42. The van der Waals surface area contributed by atoms with Gasteiger partial charge in [-0.3, -0.25) is 0 Å². The normalized spacial score (nSPS) is 16.0.